The highest BCUT2D eigenvalue weighted by Crippen LogP contribution is 2.28. The molecule has 0 amide bonds. The minimum absolute atomic E-state index is 0.558. The molecule has 19 heavy (non-hydrogen) atoms. The maximum absolute atomic E-state index is 5.79. The number of ether oxygens (including phenoxy) is 1. The molecule has 98 valence electrons. The number of rotatable bonds is 4. The molecule has 4 N–H and O–H groups in total. The molecule has 0 radical (unpaired) electrons. The minimum atomic E-state index is 0.558. The summed E-state index contributed by atoms with van der Waals surface area (Å²) in [6, 6.07) is 12.5. The van der Waals surface area contributed by atoms with E-state index in [4.69, 9.17) is 16.2 Å². The van der Waals surface area contributed by atoms with Crippen molar-refractivity contribution >= 4 is 22.7 Å². The highest BCUT2D eigenvalue weighted by Gasteiger charge is 2.01. The van der Waals surface area contributed by atoms with Gasteiger partial charge in [-0.1, -0.05) is 0 Å². The second-order valence-electron chi connectivity index (χ2n) is 3.95. The fraction of sp³-hybridized carbons (Fsp3) is 0.143. The largest absolute Gasteiger partial charge is 0.492 e. The lowest BCUT2D eigenvalue weighted by atomic mass is 10.2. The molecule has 0 heterocycles. The second kappa shape index (κ2) is 5.86. The number of hydrogen-bond acceptors (Lipinski definition) is 5. The van der Waals surface area contributed by atoms with E-state index < -0.39 is 0 Å². The number of hydrogen-bond donors (Lipinski definition) is 2. The van der Waals surface area contributed by atoms with Crippen LogP contribution in [0.5, 0.6) is 5.75 Å². The number of nitrogens with two attached hydrogens (primary N) is 2. The normalized spacial score (nSPS) is 10.8. The van der Waals surface area contributed by atoms with Crippen LogP contribution < -0.4 is 16.2 Å². The number of anilines is 2. The predicted molar refractivity (Wildman–Crippen MR) is 77.1 cm³/mol. The molecule has 0 atom stereocenters. The Bertz CT molecular complexity index is 578. The first-order valence-electron chi connectivity index (χ1n) is 5.98. The Morgan fingerprint density at radius 3 is 2.26 bits per heavy atom. The summed E-state index contributed by atoms with van der Waals surface area (Å²) in [5, 5.41) is 8.26. The van der Waals surface area contributed by atoms with Crippen LogP contribution in [0.25, 0.3) is 0 Å². The smallest absolute Gasteiger partial charge is 0.144 e. The Morgan fingerprint density at radius 2 is 1.58 bits per heavy atom. The van der Waals surface area contributed by atoms with E-state index in [1.807, 2.05) is 6.92 Å². The molecule has 0 aliphatic carbocycles. The third kappa shape index (κ3) is 3.45. The Labute approximate surface area is 111 Å². The van der Waals surface area contributed by atoms with Crippen molar-refractivity contribution in [1.29, 1.82) is 0 Å². The van der Waals surface area contributed by atoms with Crippen LogP contribution in [0.15, 0.2) is 52.7 Å². The average molecular weight is 256 g/mol. The number of nitrogens with zero attached hydrogens (tertiary/aromatic N) is 2. The third-order valence-electron chi connectivity index (χ3n) is 2.47. The van der Waals surface area contributed by atoms with Crippen LogP contribution in [0, 0.1) is 0 Å². The van der Waals surface area contributed by atoms with Crippen molar-refractivity contribution in [1.82, 2.24) is 0 Å². The summed E-state index contributed by atoms with van der Waals surface area (Å²) in [4.78, 5) is 0. The molecule has 0 spiro atoms. The fourth-order valence-corrected chi connectivity index (χ4v) is 1.52. The van der Waals surface area contributed by atoms with E-state index in [2.05, 4.69) is 10.2 Å². The van der Waals surface area contributed by atoms with Crippen LogP contribution in [0.2, 0.25) is 0 Å². The maximum atomic E-state index is 5.79. The van der Waals surface area contributed by atoms with E-state index in [1.54, 1.807) is 42.5 Å². The molecule has 0 aromatic heterocycles. The van der Waals surface area contributed by atoms with Gasteiger partial charge in [-0.05, 0) is 43.3 Å². The summed E-state index contributed by atoms with van der Waals surface area (Å²) in [7, 11) is 0. The molecule has 0 aliphatic heterocycles. The summed E-state index contributed by atoms with van der Waals surface area (Å²) in [6.45, 7) is 2.46. The molecular formula is C14H16N4O. The van der Waals surface area contributed by atoms with Crippen LogP contribution in [0.1, 0.15) is 6.92 Å². The van der Waals surface area contributed by atoms with E-state index >= 15 is 0 Å². The number of nitrogen functional groups attached to an aromatic ring is 2. The van der Waals surface area contributed by atoms with Crippen molar-refractivity contribution in [3.8, 4) is 5.75 Å². The van der Waals surface area contributed by atoms with Gasteiger partial charge < -0.3 is 16.2 Å². The van der Waals surface area contributed by atoms with Crippen molar-refractivity contribution in [2.45, 2.75) is 6.92 Å². The molecule has 0 bridgehead atoms. The van der Waals surface area contributed by atoms with Crippen molar-refractivity contribution in [2.75, 3.05) is 18.1 Å². The molecule has 0 saturated carbocycles. The van der Waals surface area contributed by atoms with Crippen LogP contribution in [0.4, 0.5) is 22.7 Å². The quantitative estimate of drug-likeness (QED) is 0.646. The summed E-state index contributed by atoms with van der Waals surface area (Å²) in [6.07, 6.45) is 0. The molecule has 0 unspecified atom stereocenters. The van der Waals surface area contributed by atoms with E-state index in [0.29, 0.717) is 29.4 Å². The Morgan fingerprint density at radius 1 is 0.947 bits per heavy atom. The highest BCUT2D eigenvalue weighted by atomic mass is 16.5. The maximum Gasteiger partial charge on any atom is 0.144 e. The topological polar surface area (TPSA) is 86.0 Å². The van der Waals surface area contributed by atoms with Crippen molar-refractivity contribution in [3.63, 3.8) is 0 Å². The molecule has 2 aromatic carbocycles. The fourth-order valence-electron chi connectivity index (χ4n) is 1.52. The standard InChI is InChI=1S/C14H16N4O/c1-2-19-14-9-12(7-8-13(14)16)18-17-11-5-3-10(15)4-6-11/h3-9H,2,15-16H2,1H3. The molecule has 5 heteroatoms. The van der Waals surface area contributed by atoms with Gasteiger partial charge in [0.25, 0.3) is 0 Å². The van der Waals surface area contributed by atoms with E-state index in [0.717, 1.165) is 5.69 Å². The zero-order valence-corrected chi connectivity index (χ0v) is 10.7. The Kier molecular flexibility index (Phi) is 3.97. The summed E-state index contributed by atoms with van der Waals surface area (Å²) in [5.41, 5.74) is 14.1. The van der Waals surface area contributed by atoms with Gasteiger partial charge in [0.15, 0.2) is 0 Å². The molecular weight excluding hydrogens is 240 g/mol. The summed E-state index contributed by atoms with van der Waals surface area (Å²) >= 11 is 0. The van der Waals surface area contributed by atoms with Crippen molar-refractivity contribution in [3.05, 3.63) is 42.5 Å². The van der Waals surface area contributed by atoms with Crippen LogP contribution in [-0.2, 0) is 0 Å². The van der Waals surface area contributed by atoms with Gasteiger partial charge in [-0.15, -0.1) is 0 Å². The monoisotopic (exact) mass is 256 g/mol. The Balaban J connectivity index is 2.18. The first-order valence-corrected chi connectivity index (χ1v) is 5.98. The Hall–Kier alpha value is -2.56. The lowest BCUT2D eigenvalue weighted by Crippen LogP contribution is -1.95. The summed E-state index contributed by atoms with van der Waals surface area (Å²) in [5.74, 6) is 0.622. The first kappa shape index (κ1) is 12.9. The second-order valence-corrected chi connectivity index (χ2v) is 3.95. The average Bonchev–Trinajstić information content (AvgIpc) is 2.42. The predicted octanol–water partition coefficient (Wildman–Crippen LogP) is 3.67. The van der Waals surface area contributed by atoms with E-state index in [9.17, 15) is 0 Å². The van der Waals surface area contributed by atoms with Gasteiger partial charge in [0.1, 0.15) is 5.75 Å². The van der Waals surface area contributed by atoms with Crippen molar-refractivity contribution < 1.29 is 4.74 Å². The summed E-state index contributed by atoms with van der Waals surface area (Å²) < 4.78 is 5.40. The van der Waals surface area contributed by atoms with Gasteiger partial charge >= 0.3 is 0 Å². The molecule has 2 rings (SSSR count). The van der Waals surface area contributed by atoms with E-state index in [1.165, 1.54) is 0 Å². The van der Waals surface area contributed by atoms with Gasteiger partial charge in [-0.2, -0.15) is 10.2 Å². The SMILES string of the molecule is CCOc1cc(N=Nc2ccc(N)cc2)ccc1N. The third-order valence-corrected chi connectivity index (χ3v) is 2.47. The molecule has 2 aromatic rings. The first-order chi connectivity index (χ1) is 9.19. The van der Waals surface area contributed by atoms with Crippen molar-refractivity contribution in [2.24, 2.45) is 10.2 Å². The van der Waals surface area contributed by atoms with Crippen LogP contribution in [0.3, 0.4) is 0 Å². The number of azo groups is 1. The minimum Gasteiger partial charge on any atom is -0.492 e. The van der Waals surface area contributed by atoms with Crippen LogP contribution in [-0.4, -0.2) is 6.61 Å². The highest BCUT2D eigenvalue weighted by molar-refractivity contribution is 5.59. The molecule has 0 aliphatic rings. The van der Waals surface area contributed by atoms with Gasteiger partial charge in [0, 0.05) is 11.8 Å². The van der Waals surface area contributed by atoms with Gasteiger partial charge in [0.2, 0.25) is 0 Å². The lowest BCUT2D eigenvalue weighted by Gasteiger charge is -2.06. The molecule has 5 nitrogen and oxygen atoms in total. The lowest BCUT2D eigenvalue weighted by molar-refractivity contribution is 0.342. The van der Waals surface area contributed by atoms with Gasteiger partial charge in [-0.3, -0.25) is 0 Å². The van der Waals surface area contributed by atoms with Gasteiger partial charge in [0.05, 0.1) is 23.7 Å². The van der Waals surface area contributed by atoms with Gasteiger partial charge in [-0.25, -0.2) is 0 Å². The molecule has 0 fully saturated rings. The number of benzene rings is 2. The van der Waals surface area contributed by atoms with E-state index in [-0.39, 0.29) is 0 Å². The zero-order valence-electron chi connectivity index (χ0n) is 10.7. The van der Waals surface area contributed by atoms with Crippen LogP contribution >= 0.6 is 0 Å². The molecule has 0 saturated heterocycles. The zero-order chi connectivity index (χ0) is 13.7.